The lowest BCUT2D eigenvalue weighted by molar-refractivity contribution is -0.166. The molecule has 0 N–H and O–H groups in total. The molecule has 0 aromatic carbocycles. The maximum atomic E-state index is 11.5. The molecule has 1 amide bonds. The van der Waals surface area contributed by atoms with Crippen LogP contribution in [0.5, 0.6) is 0 Å². The van der Waals surface area contributed by atoms with Gasteiger partial charge in [-0.3, -0.25) is 4.79 Å². The molecule has 1 rings (SSSR count). The first-order valence-electron chi connectivity index (χ1n) is 4.46. The number of hydrogen-bond acceptors (Lipinski definition) is 4. The number of amides is 1. The fourth-order valence-corrected chi connectivity index (χ4v) is 1.43. The molecule has 0 atom stereocenters. The molecule has 1 saturated heterocycles. The van der Waals surface area contributed by atoms with E-state index in [0.29, 0.717) is 19.8 Å². The molecule has 0 radical (unpaired) electrons. The van der Waals surface area contributed by atoms with E-state index in [2.05, 4.69) is 4.74 Å². The zero-order valence-corrected chi connectivity index (χ0v) is 8.70. The van der Waals surface area contributed by atoms with Crippen molar-refractivity contribution >= 4 is 11.9 Å². The molecular formula is C9H15NO4. The SMILES string of the molecule is COC(=O)C(=O)N1CCOCC1(C)C. The monoisotopic (exact) mass is 201 g/mol. The number of morpholine rings is 1. The van der Waals surface area contributed by atoms with Gasteiger partial charge in [-0.05, 0) is 13.8 Å². The van der Waals surface area contributed by atoms with Gasteiger partial charge in [0, 0.05) is 6.54 Å². The minimum absolute atomic E-state index is 0.431. The van der Waals surface area contributed by atoms with E-state index >= 15 is 0 Å². The van der Waals surface area contributed by atoms with Crippen LogP contribution >= 0.6 is 0 Å². The zero-order valence-electron chi connectivity index (χ0n) is 8.70. The molecule has 80 valence electrons. The first kappa shape index (κ1) is 11.0. The molecule has 14 heavy (non-hydrogen) atoms. The molecule has 0 aromatic rings. The van der Waals surface area contributed by atoms with E-state index in [0.717, 1.165) is 0 Å². The average molecular weight is 201 g/mol. The Hall–Kier alpha value is -1.10. The Morgan fingerprint density at radius 1 is 1.43 bits per heavy atom. The number of nitrogens with zero attached hydrogens (tertiary/aromatic N) is 1. The standard InChI is InChI=1S/C9H15NO4/c1-9(2)6-14-5-4-10(9)7(11)8(12)13-3/h4-6H2,1-3H3. The van der Waals surface area contributed by atoms with Crippen LogP contribution in [0.25, 0.3) is 0 Å². The van der Waals surface area contributed by atoms with E-state index < -0.39 is 17.4 Å². The van der Waals surface area contributed by atoms with E-state index in [1.54, 1.807) is 0 Å². The summed E-state index contributed by atoms with van der Waals surface area (Å²) in [7, 11) is 1.20. The zero-order chi connectivity index (χ0) is 10.8. The lowest BCUT2D eigenvalue weighted by atomic mass is 10.0. The number of esters is 1. The molecule has 0 bridgehead atoms. The van der Waals surface area contributed by atoms with E-state index in [-0.39, 0.29) is 0 Å². The summed E-state index contributed by atoms with van der Waals surface area (Å²) in [4.78, 5) is 24.1. The summed E-state index contributed by atoms with van der Waals surface area (Å²) in [5, 5.41) is 0. The third kappa shape index (κ3) is 2.04. The van der Waals surface area contributed by atoms with Gasteiger partial charge in [-0.2, -0.15) is 0 Å². The smallest absolute Gasteiger partial charge is 0.396 e. The topological polar surface area (TPSA) is 55.8 Å². The number of hydrogen-bond donors (Lipinski definition) is 0. The number of methoxy groups -OCH3 is 1. The van der Waals surface area contributed by atoms with E-state index in [1.807, 2.05) is 13.8 Å². The summed E-state index contributed by atoms with van der Waals surface area (Å²) in [6.45, 7) is 5.04. The van der Waals surface area contributed by atoms with Crippen LogP contribution in [0.3, 0.4) is 0 Å². The van der Waals surface area contributed by atoms with Gasteiger partial charge in [0.05, 0.1) is 25.9 Å². The number of rotatable bonds is 0. The predicted octanol–water partition coefficient (Wildman–Crippen LogP) is -0.203. The molecule has 1 aliphatic heterocycles. The van der Waals surface area contributed by atoms with E-state index in [9.17, 15) is 9.59 Å². The second kappa shape index (κ2) is 3.96. The molecule has 5 nitrogen and oxygen atoms in total. The largest absolute Gasteiger partial charge is 0.462 e. The fourth-order valence-electron chi connectivity index (χ4n) is 1.43. The van der Waals surface area contributed by atoms with Crippen LogP contribution in [-0.2, 0) is 19.1 Å². The summed E-state index contributed by atoms with van der Waals surface area (Å²) < 4.78 is 9.62. The molecule has 1 aliphatic rings. The van der Waals surface area contributed by atoms with Crippen LogP contribution in [0.4, 0.5) is 0 Å². The summed E-state index contributed by atoms with van der Waals surface area (Å²) >= 11 is 0. The van der Waals surface area contributed by atoms with Crippen molar-refractivity contribution in [2.45, 2.75) is 19.4 Å². The first-order chi connectivity index (χ1) is 6.49. The maximum absolute atomic E-state index is 11.5. The van der Waals surface area contributed by atoms with Crippen LogP contribution in [0, 0.1) is 0 Å². The van der Waals surface area contributed by atoms with Gasteiger partial charge in [0.1, 0.15) is 0 Å². The third-order valence-electron chi connectivity index (χ3n) is 2.25. The fraction of sp³-hybridized carbons (Fsp3) is 0.778. The minimum atomic E-state index is -0.819. The Labute approximate surface area is 83.0 Å². The van der Waals surface area contributed by atoms with Gasteiger partial charge < -0.3 is 14.4 Å². The Kier molecular flexibility index (Phi) is 3.10. The molecule has 0 saturated carbocycles. The van der Waals surface area contributed by atoms with Crippen molar-refractivity contribution in [1.29, 1.82) is 0 Å². The first-order valence-corrected chi connectivity index (χ1v) is 4.46. The highest BCUT2D eigenvalue weighted by Crippen LogP contribution is 2.19. The van der Waals surface area contributed by atoms with Crippen molar-refractivity contribution in [3.05, 3.63) is 0 Å². The summed E-state index contributed by atoms with van der Waals surface area (Å²) in [6, 6.07) is 0. The van der Waals surface area contributed by atoms with Gasteiger partial charge in [-0.15, -0.1) is 0 Å². The minimum Gasteiger partial charge on any atom is -0.462 e. The van der Waals surface area contributed by atoms with Crippen molar-refractivity contribution in [1.82, 2.24) is 4.90 Å². The van der Waals surface area contributed by atoms with Gasteiger partial charge in [0.25, 0.3) is 0 Å². The van der Waals surface area contributed by atoms with Crippen LogP contribution < -0.4 is 0 Å². The second-order valence-electron chi connectivity index (χ2n) is 3.81. The molecular weight excluding hydrogens is 186 g/mol. The quantitative estimate of drug-likeness (QED) is 0.402. The van der Waals surface area contributed by atoms with Crippen molar-refractivity contribution in [2.24, 2.45) is 0 Å². The third-order valence-corrected chi connectivity index (χ3v) is 2.25. The normalized spacial score (nSPS) is 20.4. The van der Waals surface area contributed by atoms with Gasteiger partial charge in [0.15, 0.2) is 0 Å². The number of carbonyl (C=O) groups excluding carboxylic acids is 2. The molecule has 1 fully saturated rings. The molecule has 0 unspecified atom stereocenters. The molecule has 1 heterocycles. The maximum Gasteiger partial charge on any atom is 0.396 e. The predicted molar refractivity (Wildman–Crippen MR) is 48.6 cm³/mol. The van der Waals surface area contributed by atoms with Crippen LogP contribution in [-0.4, -0.2) is 49.2 Å². The highest BCUT2D eigenvalue weighted by molar-refractivity contribution is 6.32. The lowest BCUT2D eigenvalue weighted by Gasteiger charge is -2.41. The Bertz CT molecular complexity index is 249. The average Bonchev–Trinajstić information content (AvgIpc) is 2.15. The van der Waals surface area contributed by atoms with Gasteiger partial charge in [0.2, 0.25) is 0 Å². The van der Waals surface area contributed by atoms with Crippen LogP contribution in [0.15, 0.2) is 0 Å². The Morgan fingerprint density at radius 2 is 2.07 bits per heavy atom. The number of ether oxygens (including phenoxy) is 2. The Balaban J connectivity index is 2.74. The van der Waals surface area contributed by atoms with Crippen molar-refractivity contribution < 1.29 is 19.1 Å². The summed E-state index contributed by atoms with van der Waals surface area (Å²) in [5.41, 5.74) is -0.441. The highest BCUT2D eigenvalue weighted by atomic mass is 16.5. The van der Waals surface area contributed by atoms with Crippen molar-refractivity contribution in [2.75, 3.05) is 26.9 Å². The van der Waals surface area contributed by atoms with Crippen LogP contribution in [0.1, 0.15) is 13.8 Å². The molecule has 0 aliphatic carbocycles. The van der Waals surface area contributed by atoms with Crippen LogP contribution in [0.2, 0.25) is 0 Å². The number of carbonyl (C=O) groups is 2. The van der Waals surface area contributed by atoms with E-state index in [1.165, 1.54) is 12.0 Å². The van der Waals surface area contributed by atoms with E-state index in [4.69, 9.17) is 4.74 Å². The Morgan fingerprint density at radius 3 is 2.57 bits per heavy atom. The highest BCUT2D eigenvalue weighted by Gasteiger charge is 2.37. The van der Waals surface area contributed by atoms with Gasteiger partial charge in [-0.25, -0.2) is 4.79 Å². The van der Waals surface area contributed by atoms with Gasteiger partial charge >= 0.3 is 11.9 Å². The van der Waals surface area contributed by atoms with Gasteiger partial charge in [-0.1, -0.05) is 0 Å². The van der Waals surface area contributed by atoms with Crippen molar-refractivity contribution in [3.63, 3.8) is 0 Å². The van der Waals surface area contributed by atoms with Crippen molar-refractivity contribution in [3.8, 4) is 0 Å². The lowest BCUT2D eigenvalue weighted by Crippen LogP contribution is -2.57. The summed E-state index contributed by atoms with van der Waals surface area (Å²) in [5.74, 6) is -1.42. The summed E-state index contributed by atoms with van der Waals surface area (Å²) in [6.07, 6.45) is 0. The molecule has 5 heteroatoms. The molecule has 0 aromatic heterocycles. The molecule has 0 spiro atoms. The second-order valence-corrected chi connectivity index (χ2v) is 3.81.